The van der Waals surface area contributed by atoms with Crippen molar-refractivity contribution >= 4 is 16.8 Å². The van der Waals surface area contributed by atoms with Crippen LogP contribution in [0, 0.1) is 0 Å². The number of Topliss-reactive ketones (excluding diaryl/α,β-unsaturated/α-hetero) is 1. The van der Waals surface area contributed by atoms with Crippen molar-refractivity contribution in [2.75, 3.05) is 0 Å². The van der Waals surface area contributed by atoms with Crippen LogP contribution in [-0.2, 0) is 6.42 Å². The quantitative estimate of drug-likeness (QED) is 0.735. The van der Waals surface area contributed by atoms with E-state index in [4.69, 9.17) is 0 Å². The fourth-order valence-corrected chi connectivity index (χ4v) is 1.74. The van der Waals surface area contributed by atoms with Gasteiger partial charge < -0.3 is 4.98 Å². The van der Waals surface area contributed by atoms with Crippen molar-refractivity contribution in [2.24, 2.45) is 0 Å². The molecule has 0 aliphatic carbocycles. The molecule has 0 amide bonds. The van der Waals surface area contributed by atoms with Crippen LogP contribution in [0.2, 0.25) is 0 Å². The average Bonchev–Trinajstić information content (AvgIpc) is 2.55. The van der Waals surface area contributed by atoms with E-state index in [1.807, 2.05) is 19.1 Å². The van der Waals surface area contributed by atoms with E-state index in [-0.39, 0.29) is 5.78 Å². The molecule has 0 unspecified atom stereocenters. The molecule has 2 rings (SSSR count). The number of aromatic nitrogens is 2. The Morgan fingerprint density at radius 3 is 3.00 bits per heavy atom. The fourth-order valence-electron chi connectivity index (χ4n) is 1.74. The molecule has 0 spiro atoms. The maximum absolute atomic E-state index is 11.5. The number of nitrogens with zero attached hydrogens (tertiary/aromatic N) is 1. The molecule has 0 radical (unpaired) electrons. The third-order valence-corrected chi connectivity index (χ3v) is 2.35. The van der Waals surface area contributed by atoms with E-state index in [2.05, 4.69) is 9.97 Å². The van der Waals surface area contributed by atoms with Gasteiger partial charge in [-0.2, -0.15) is 0 Å². The minimum absolute atomic E-state index is 0.0982. The zero-order valence-electron chi connectivity index (χ0n) is 8.29. The van der Waals surface area contributed by atoms with Crippen LogP contribution < -0.4 is 0 Å². The number of pyridine rings is 1. The molecule has 2 aromatic heterocycles. The highest BCUT2D eigenvalue weighted by Crippen LogP contribution is 2.21. The molecule has 2 aromatic rings. The molecule has 0 saturated heterocycles. The third-order valence-electron chi connectivity index (χ3n) is 2.35. The van der Waals surface area contributed by atoms with Crippen molar-refractivity contribution in [1.29, 1.82) is 0 Å². The Morgan fingerprint density at radius 2 is 2.36 bits per heavy atom. The predicted octanol–water partition coefficient (Wildman–Crippen LogP) is 2.33. The molecule has 72 valence electrons. The second-order valence-electron chi connectivity index (χ2n) is 3.29. The van der Waals surface area contributed by atoms with Gasteiger partial charge in [0.15, 0.2) is 5.78 Å². The van der Waals surface area contributed by atoms with Gasteiger partial charge in [0.05, 0.1) is 0 Å². The summed E-state index contributed by atoms with van der Waals surface area (Å²) in [5.41, 5.74) is 2.57. The van der Waals surface area contributed by atoms with E-state index < -0.39 is 0 Å². The zero-order chi connectivity index (χ0) is 10.1. The Balaban J connectivity index is 2.81. The van der Waals surface area contributed by atoms with Crippen LogP contribution in [0.15, 0.2) is 18.3 Å². The standard InChI is InChI=1S/C11H12N2O/c1-3-9-10(7(2)14)8-5-4-6-12-11(8)13-9/h4-6H,3H2,1-2H3,(H,12,13). The van der Waals surface area contributed by atoms with Crippen LogP contribution in [0.4, 0.5) is 0 Å². The van der Waals surface area contributed by atoms with Crippen molar-refractivity contribution in [2.45, 2.75) is 20.3 Å². The summed E-state index contributed by atoms with van der Waals surface area (Å²) in [4.78, 5) is 18.8. The van der Waals surface area contributed by atoms with Gasteiger partial charge in [-0.15, -0.1) is 0 Å². The SMILES string of the molecule is CCc1[nH]c2ncccc2c1C(C)=O. The molecule has 0 bridgehead atoms. The highest BCUT2D eigenvalue weighted by atomic mass is 16.1. The lowest BCUT2D eigenvalue weighted by Gasteiger charge is -1.95. The number of hydrogen-bond donors (Lipinski definition) is 1. The Kier molecular flexibility index (Phi) is 2.08. The summed E-state index contributed by atoms with van der Waals surface area (Å²) in [5.74, 6) is 0.0982. The van der Waals surface area contributed by atoms with E-state index in [9.17, 15) is 4.79 Å². The molecule has 3 heteroatoms. The number of rotatable bonds is 2. The average molecular weight is 188 g/mol. The van der Waals surface area contributed by atoms with Gasteiger partial charge in [0.1, 0.15) is 5.65 Å². The highest BCUT2D eigenvalue weighted by molar-refractivity contribution is 6.07. The molecule has 3 nitrogen and oxygen atoms in total. The van der Waals surface area contributed by atoms with Crippen molar-refractivity contribution in [3.63, 3.8) is 0 Å². The molecule has 0 saturated carbocycles. The largest absolute Gasteiger partial charge is 0.343 e. The number of fused-ring (bicyclic) bond motifs is 1. The third kappa shape index (κ3) is 1.21. The number of aryl methyl sites for hydroxylation is 1. The summed E-state index contributed by atoms with van der Waals surface area (Å²) in [6.45, 7) is 3.62. The van der Waals surface area contributed by atoms with Gasteiger partial charge in [-0.1, -0.05) is 6.92 Å². The van der Waals surface area contributed by atoms with Crippen molar-refractivity contribution in [3.8, 4) is 0 Å². The highest BCUT2D eigenvalue weighted by Gasteiger charge is 2.13. The van der Waals surface area contributed by atoms with E-state index in [0.717, 1.165) is 28.7 Å². The Bertz CT molecular complexity index is 485. The van der Waals surface area contributed by atoms with Crippen LogP contribution in [0.25, 0.3) is 11.0 Å². The number of H-pyrrole nitrogens is 1. The molecular formula is C11H12N2O. The topological polar surface area (TPSA) is 45.8 Å². The lowest BCUT2D eigenvalue weighted by atomic mass is 10.1. The maximum atomic E-state index is 11.5. The molecule has 0 aliphatic rings. The molecule has 2 heterocycles. The van der Waals surface area contributed by atoms with Gasteiger partial charge in [0.2, 0.25) is 0 Å². The number of aromatic amines is 1. The fraction of sp³-hybridized carbons (Fsp3) is 0.273. The maximum Gasteiger partial charge on any atom is 0.162 e. The van der Waals surface area contributed by atoms with Crippen molar-refractivity contribution in [3.05, 3.63) is 29.6 Å². The molecule has 1 N–H and O–H groups in total. The van der Waals surface area contributed by atoms with Crippen molar-refractivity contribution < 1.29 is 4.79 Å². The zero-order valence-corrected chi connectivity index (χ0v) is 8.29. The number of carbonyl (C=O) groups excluding carboxylic acids is 1. The first-order chi connectivity index (χ1) is 6.74. The molecule has 0 aliphatic heterocycles. The van der Waals surface area contributed by atoms with E-state index in [1.165, 1.54) is 0 Å². The van der Waals surface area contributed by atoms with Crippen LogP contribution in [-0.4, -0.2) is 15.8 Å². The first-order valence-electron chi connectivity index (χ1n) is 4.70. The Labute approximate surface area is 82.2 Å². The van der Waals surface area contributed by atoms with E-state index in [0.29, 0.717) is 0 Å². The molecule has 0 aromatic carbocycles. The lowest BCUT2D eigenvalue weighted by Crippen LogP contribution is -1.95. The monoisotopic (exact) mass is 188 g/mol. The van der Waals surface area contributed by atoms with Gasteiger partial charge >= 0.3 is 0 Å². The number of ketones is 1. The molecule has 0 fully saturated rings. The van der Waals surface area contributed by atoms with E-state index in [1.54, 1.807) is 13.1 Å². The molecule has 14 heavy (non-hydrogen) atoms. The van der Waals surface area contributed by atoms with E-state index >= 15 is 0 Å². The van der Waals surface area contributed by atoms with Crippen molar-refractivity contribution in [1.82, 2.24) is 9.97 Å². The normalized spacial score (nSPS) is 10.7. The van der Waals surface area contributed by atoms with Gasteiger partial charge in [-0.3, -0.25) is 4.79 Å². The summed E-state index contributed by atoms with van der Waals surface area (Å²) in [6.07, 6.45) is 2.55. The smallest absolute Gasteiger partial charge is 0.162 e. The predicted molar refractivity (Wildman–Crippen MR) is 55.5 cm³/mol. The number of hydrogen-bond acceptors (Lipinski definition) is 2. The van der Waals surface area contributed by atoms with Gasteiger partial charge in [0.25, 0.3) is 0 Å². The molecule has 0 atom stereocenters. The Hall–Kier alpha value is -1.64. The van der Waals surface area contributed by atoms with Gasteiger partial charge in [-0.05, 0) is 25.5 Å². The summed E-state index contributed by atoms with van der Waals surface area (Å²) >= 11 is 0. The minimum Gasteiger partial charge on any atom is -0.343 e. The summed E-state index contributed by atoms with van der Waals surface area (Å²) in [7, 11) is 0. The Morgan fingerprint density at radius 1 is 1.57 bits per heavy atom. The minimum atomic E-state index is 0.0982. The van der Waals surface area contributed by atoms with Crippen LogP contribution >= 0.6 is 0 Å². The van der Waals surface area contributed by atoms with Gasteiger partial charge in [-0.25, -0.2) is 4.98 Å². The molecular weight excluding hydrogens is 176 g/mol. The second-order valence-corrected chi connectivity index (χ2v) is 3.29. The summed E-state index contributed by atoms with van der Waals surface area (Å²) in [6, 6.07) is 3.77. The number of nitrogens with one attached hydrogen (secondary N) is 1. The first kappa shape index (κ1) is 8.94. The second kappa shape index (κ2) is 3.25. The first-order valence-corrected chi connectivity index (χ1v) is 4.70. The lowest BCUT2D eigenvalue weighted by molar-refractivity contribution is 0.101. The summed E-state index contributed by atoms with van der Waals surface area (Å²) < 4.78 is 0. The van der Waals surface area contributed by atoms with Crippen LogP contribution in [0.5, 0.6) is 0 Å². The number of carbonyl (C=O) groups is 1. The van der Waals surface area contributed by atoms with Crippen LogP contribution in [0.3, 0.4) is 0 Å². The van der Waals surface area contributed by atoms with Crippen LogP contribution in [0.1, 0.15) is 29.9 Å². The summed E-state index contributed by atoms with van der Waals surface area (Å²) in [5, 5.41) is 0.928. The van der Waals surface area contributed by atoms with Gasteiger partial charge in [0, 0.05) is 22.8 Å².